The van der Waals surface area contributed by atoms with E-state index in [0.29, 0.717) is 10.6 Å². The lowest BCUT2D eigenvalue weighted by molar-refractivity contribution is 0.0999. The molecule has 4 rings (SSSR count). The Kier molecular flexibility index (Phi) is 4.02. The largest absolute Gasteiger partial charge is 0.363 e. The van der Waals surface area contributed by atoms with E-state index in [2.05, 4.69) is 15.5 Å². The number of aromatic nitrogens is 4. The van der Waals surface area contributed by atoms with Crippen LogP contribution in [0.15, 0.2) is 58.6 Å². The average Bonchev–Trinajstić information content (AvgIpc) is 3.42. The summed E-state index contributed by atoms with van der Waals surface area (Å²) < 4.78 is 6.47. The Hall–Kier alpha value is -3.39. The van der Waals surface area contributed by atoms with Crippen LogP contribution >= 0.6 is 11.3 Å². The standard InChI is InChI=1S/C18H12N4O3S/c1-11-15(19-21-22(11)12-6-3-2-4-7-12)17(23)13-10-25-20-16(13)18(24)14-8-5-9-26-14/h2-10H,1H3. The first-order valence-corrected chi connectivity index (χ1v) is 8.60. The number of para-hydroxylation sites is 1. The molecule has 0 amide bonds. The number of thiophene rings is 1. The van der Waals surface area contributed by atoms with Gasteiger partial charge in [-0.05, 0) is 30.5 Å². The third-order valence-corrected chi connectivity index (χ3v) is 4.75. The lowest BCUT2D eigenvalue weighted by atomic mass is 10.1. The van der Waals surface area contributed by atoms with Gasteiger partial charge >= 0.3 is 0 Å². The van der Waals surface area contributed by atoms with Gasteiger partial charge in [0.05, 0.1) is 21.8 Å². The summed E-state index contributed by atoms with van der Waals surface area (Å²) in [6, 6.07) is 12.8. The van der Waals surface area contributed by atoms with Gasteiger partial charge in [-0.2, -0.15) is 0 Å². The van der Waals surface area contributed by atoms with E-state index in [0.717, 1.165) is 5.69 Å². The highest BCUT2D eigenvalue weighted by Gasteiger charge is 2.28. The predicted molar refractivity (Wildman–Crippen MR) is 93.8 cm³/mol. The third-order valence-electron chi connectivity index (χ3n) is 3.88. The highest BCUT2D eigenvalue weighted by Crippen LogP contribution is 2.21. The first kappa shape index (κ1) is 16.1. The van der Waals surface area contributed by atoms with Gasteiger partial charge in [0.1, 0.15) is 6.26 Å². The maximum Gasteiger partial charge on any atom is 0.225 e. The zero-order chi connectivity index (χ0) is 18.1. The van der Waals surface area contributed by atoms with Crippen LogP contribution < -0.4 is 0 Å². The van der Waals surface area contributed by atoms with Crippen LogP contribution in [-0.4, -0.2) is 31.7 Å². The summed E-state index contributed by atoms with van der Waals surface area (Å²) in [6.07, 6.45) is 1.17. The van der Waals surface area contributed by atoms with E-state index in [4.69, 9.17) is 4.52 Å². The molecule has 0 saturated carbocycles. The monoisotopic (exact) mass is 364 g/mol. The van der Waals surface area contributed by atoms with Crippen LogP contribution in [0.25, 0.3) is 5.69 Å². The molecule has 0 atom stereocenters. The smallest absolute Gasteiger partial charge is 0.225 e. The van der Waals surface area contributed by atoms with Gasteiger partial charge in [0.25, 0.3) is 0 Å². The molecule has 0 bridgehead atoms. The normalized spacial score (nSPS) is 10.8. The maximum atomic E-state index is 12.9. The van der Waals surface area contributed by atoms with Gasteiger partial charge in [0, 0.05) is 0 Å². The first-order valence-electron chi connectivity index (χ1n) is 7.72. The fourth-order valence-corrected chi connectivity index (χ4v) is 3.23. The van der Waals surface area contributed by atoms with Crippen LogP contribution in [0, 0.1) is 6.92 Å². The second-order valence-corrected chi connectivity index (χ2v) is 6.43. The van der Waals surface area contributed by atoms with E-state index >= 15 is 0 Å². The summed E-state index contributed by atoms with van der Waals surface area (Å²) in [5.41, 5.74) is 1.56. The SMILES string of the molecule is Cc1c(C(=O)c2conc2C(=O)c2cccs2)nnn1-c1ccccc1. The summed E-state index contributed by atoms with van der Waals surface area (Å²) in [7, 11) is 0. The van der Waals surface area contributed by atoms with Crippen molar-refractivity contribution in [1.29, 1.82) is 0 Å². The van der Waals surface area contributed by atoms with E-state index in [1.807, 2.05) is 30.3 Å². The molecule has 26 heavy (non-hydrogen) atoms. The Morgan fingerprint density at radius 3 is 2.58 bits per heavy atom. The lowest BCUT2D eigenvalue weighted by Gasteiger charge is -2.02. The fraction of sp³-hybridized carbons (Fsp3) is 0.0556. The fourth-order valence-electron chi connectivity index (χ4n) is 2.57. The molecule has 3 heterocycles. The molecule has 0 aliphatic rings. The molecular weight excluding hydrogens is 352 g/mol. The van der Waals surface area contributed by atoms with Crippen molar-refractivity contribution in [3.05, 3.63) is 81.6 Å². The number of rotatable bonds is 5. The number of carbonyl (C=O) groups is 2. The zero-order valence-corrected chi connectivity index (χ0v) is 14.4. The van der Waals surface area contributed by atoms with Gasteiger partial charge in [-0.15, -0.1) is 16.4 Å². The van der Waals surface area contributed by atoms with Gasteiger partial charge in [0.2, 0.25) is 11.6 Å². The van der Waals surface area contributed by atoms with Crippen LogP contribution in [0.3, 0.4) is 0 Å². The molecular formula is C18H12N4O3S. The molecule has 4 aromatic rings. The Morgan fingerprint density at radius 1 is 1.04 bits per heavy atom. The molecule has 7 nitrogen and oxygen atoms in total. The van der Waals surface area contributed by atoms with E-state index in [-0.39, 0.29) is 22.7 Å². The van der Waals surface area contributed by atoms with Crippen LogP contribution in [-0.2, 0) is 0 Å². The average molecular weight is 364 g/mol. The molecule has 0 aliphatic heterocycles. The molecule has 0 radical (unpaired) electrons. The Labute approximate surface area is 151 Å². The second-order valence-electron chi connectivity index (χ2n) is 5.48. The Morgan fingerprint density at radius 2 is 1.85 bits per heavy atom. The van der Waals surface area contributed by atoms with E-state index < -0.39 is 5.78 Å². The molecule has 3 aromatic heterocycles. The van der Waals surface area contributed by atoms with Gasteiger partial charge < -0.3 is 4.52 Å². The third kappa shape index (κ3) is 2.66. The number of nitrogens with zero attached hydrogens (tertiary/aromatic N) is 4. The first-order chi connectivity index (χ1) is 12.7. The van der Waals surface area contributed by atoms with Crippen molar-refractivity contribution >= 4 is 22.9 Å². The van der Waals surface area contributed by atoms with Crippen molar-refractivity contribution in [2.75, 3.05) is 0 Å². The Bertz CT molecular complexity index is 1080. The summed E-state index contributed by atoms with van der Waals surface area (Å²) in [5, 5.41) is 13.6. The zero-order valence-electron chi connectivity index (χ0n) is 13.6. The molecule has 0 N–H and O–H groups in total. The van der Waals surface area contributed by atoms with Gasteiger partial charge in [0.15, 0.2) is 11.4 Å². The predicted octanol–water partition coefficient (Wildman–Crippen LogP) is 3.09. The van der Waals surface area contributed by atoms with Crippen molar-refractivity contribution in [2.24, 2.45) is 0 Å². The van der Waals surface area contributed by atoms with Gasteiger partial charge in [-0.3, -0.25) is 9.59 Å². The van der Waals surface area contributed by atoms with Crippen molar-refractivity contribution in [2.45, 2.75) is 6.92 Å². The van der Waals surface area contributed by atoms with Crippen molar-refractivity contribution in [1.82, 2.24) is 20.2 Å². The van der Waals surface area contributed by atoms with Crippen LogP contribution in [0.5, 0.6) is 0 Å². The molecule has 0 saturated heterocycles. The topological polar surface area (TPSA) is 90.9 Å². The summed E-state index contributed by atoms with van der Waals surface area (Å²) in [5.74, 6) is -0.809. The molecule has 0 aliphatic carbocycles. The molecule has 8 heteroatoms. The summed E-state index contributed by atoms with van der Waals surface area (Å²) in [6.45, 7) is 1.74. The summed E-state index contributed by atoms with van der Waals surface area (Å²) >= 11 is 1.28. The molecule has 0 spiro atoms. The van der Waals surface area contributed by atoms with Crippen LogP contribution in [0.4, 0.5) is 0 Å². The Balaban J connectivity index is 1.71. The molecule has 128 valence electrons. The highest BCUT2D eigenvalue weighted by atomic mass is 32.1. The number of hydrogen-bond donors (Lipinski definition) is 0. The second kappa shape index (κ2) is 6.49. The minimum Gasteiger partial charge on any atom is -0.363 e. The maximum absolute atomic E-state index is 12.9. The quantitative estimate of drug-likeness (QED) is 0.506. The van der Waals surface area contributed by atoms with Crippen molar-refractivity contribution in [3.63, 3.8) is 0 Å². The molecule has 0 fully saturated rings. The number of carbonyl (C=O) groups excluding carboxylic acids is 2. The molecule has 0 unspecified atom stereocenters. The lowest BCUT2D eigenvalue weighted by Crippen LogP contribution is -2.11. The van der Waals surface area contributed by atoms with E-state index in [9.17, 15) is 9.59 Å². The summed E-state index contributed by atoms with van der Waals surface area (Å²) in [4.78, 5) is 25.9. The van der Waals surface area contributed by atoms with Crippen molar-refractivity contribution < 1.29 is 14.1 Å². The van der Waals surface area contributed by atoms with Crippen molar-refractivity contribution in [3.8, 4) is 5.69 Å². The number of benzene rings is 1. The minimum atomic E-state index is -0.453. The van der Waals surface area contributed by atoms with Crippen LogP contribution in [0.1, 0.15) is 37.1 Å². The van der Waals surface area contributed by atoms with Gasteiger partial charge in [-0.1, -0.05) is 34.6 Å². The van der Waals surface area contributed by atoms with Gasteiger partial charge in [-0.25, -0.2) is 4.68 Å². The van der Waals surface area contributed by atoms with Crippen LogP contribution in [0.2, 0.25) is 0 Å². The molecule has 1 aromatic carbocycles. The van der Waals surface area contributed by atoms with E-state index in [1.54, 1.807) is 29.1 Å². The number of hydrogen-bond acceptors (Lipinski definition) is 7. The van der Waals surface area contributed by atoms with E-state index in [1.165, 1.54) is 17.6 Å². The number of ketones is 2. The highest BCUT2D eigenvalue weighted by molar-refractivity contribution is 7.12. The minimum absolute atomic E-state index is 0.0221.